The summed E-state index contributed by atoms with van der Waals surface area (Å²) in [4.78, 5) is 10.7. The quantitative estimate of drug-likeness (QED) is 0.747. The van der Waals surface area contributed by atoms with E-state index in [4.69, 9.17) is 9.84 Å². The minimum Gasteiger partial charge on any atom is -0.481 e. The molecule has 0 heterocycles. The molecule has 0 saturated carbocycles. The summed E-state index contributed by atoms with van der Waals surface area (Å²) in [5.41, 5.74) is 0.556. The summed E-state index contributed by atoms with van der Waals surface area (Å²) in [6.07, 6.45) is 0.485. The fourth-order valence-electron chi connectivity index (χ4n) is 1.68. The summed E-state index contributed by atoms with van der Waals surface area (Å²) in [7, 11) is -2.10. The molecule has 0 amide bonds. The Balaban J connectivity index is 2.84. The predicted octanol–water partition coefficient (Wildman–Crippen LogP) is 1.02. The van der Waals surface area contributed by atoms with Crippen LogP contribution in [0.4, 0.5) is 0 Å². The van der Waals surface area contributed by atoms with E-state index >= 15 is 0 Å². The minimum absolute atomic E-state index is 0.112. The van der Waals surface area contributed by atoms with E-state index in [0.717, 1.165) is 0 Å². The van der Waals surface area contributed by atoms with E-state index in [0.29, 0.717) is 18.6 Å². The monoisotopic (exact) mass is 301 g/mol. The highest BCUT2D eigenvalue weighted by Crippen LogP contribution is 2.12. The summed E-state index contributed by atoms with van der Waals surface area (Å²) >= 11 is 0. The lowest BCUT2D eigenvalue weighted by Gasteiger charge is -2.16. The number of hydrogen-bond donors (Lipinski definition) is 2. The smallest absolute Gasteiger partial charge is 0.307 e. The summed E-state index contributed by atoms with van der Waals surface area (Å²) in [5, 5.41) is 8.66. The zero-order chi connectivity index (χ0) is 15.2. The number of hydrogen-bond acceptors (Lipinski definition) is 4. The molecule has 1 aromatic rings. The third kappa shape index (κ3) is 4.92. The van der Waals surface area contributed by atoms with E-state index in [9.17, 15) is 13.2 Å². The first-order chi connectivity index (χ1) is 9.39. The van der Waals surface area contributed by atoms with Crippen molar-refractivity contribution in [2.75, 3.05) is 13.7 Å². The van der Waals surface area contributed by atoms with Gasteiger partial charge in [0.1, 0.15) is 0 Å². The molecule has 2 N–H and O–H groups in total. The standard InChI is InChI=1S/C13H19NO5S/c1-3-11(9-19-2)14-20(17,18)12-6-4-10(5-7-12)8-13(15)16/h4-7,11,14H,3,8-9H2,1-2H3,(H,15,16). The highest BCUT2D eigenvalue weighted by molar-refractivity contribution is 7.89. The second kappa shape index (κ2) is 7.37. The van der Waals surface area contributed by atoms with Crippen LogP contribution in [0.2, 0.25) is 0 Å². The van der Waals surface area contributed by atoms with Gasteiger partial charge in [0, 0.05) is 13.2 Å². The molecular formula is C13H19NO5S. The van der Waals surface area contributed by atoms with E-state index in [2.05, 4.69) is 4.72 Å². The van der Waals surface area contributed by atoms with Gasteiger partial charge in [0.2, 0.25) is 10.0 Å². The zero-order valence-corrected chi connectivity index (χ0v) is 12.3. The second-order valence-corrected chi connectivity index (χ2v) is 6.11. The molecule has 112 valence electrons. The van der Waals surface area contributed by atoms with Gasteiger partial charge in [-0.2, -0.15) is 0 Å². The first-order valence-corrected chi connectivity index (χ1v) is 7.69. The number of aliphatic carboxylic acids is 1. The third-order valence-corrected chi connectivity index (χ3v) is 4.31. The molecule has 1 atom stereocenters. The number of carboxylic acids is 1. The van der Waals surface area contributed by atoms with Crippen LogP contribution in [0.3, 0.4) is 0 Å². The van der Waals surface area contributed by atoms with E-state index in [-0.39, 0.29) is 17.4 Å². The van der Waals surface area contributed by atoms with Crippen molar-refractivity contribution in [1.82, 2.24) is 4.72 Å². The maximum Gasteiger partial charge on any atom is 0.307 e. The molecule has 0 bridgehead atoms. The molecule has 1 unspecified atom stereocenters. The van der Waals surface area contributed by atoms with Gasteiger partial charge < -0.3 is 9.84 Å². The van der Waals surface area contributed by atoms with Gasteiger partial charge >= 0.3 is 5.97 Å². The normalized spacial score (nSPS) is 13.1. The van der Waals surface area contributed by atoms with Gasteiger partial charge in [0.15, 0.2) is 0 Å². The van der Waals surface area contributed by atoms with Crippen LogP contribution >= 0.6 is 0 Å². The van der Waals surface area contributed by atoms with Crippen LogP contribution in [0.15, 0.2) is 29.2 Å². The van der Waals surface area contributed by atoms with E-state index in [1.54, 1.807) is 0 Å². The van der Waals surface area contributed by atoms with Crippen molar-refractivity contribution in [3.05, 3.63) is 29.8 Å². The highest BCUT2D eigenvalue weighted by atomic mass is 32.2. The van der Waals surface area contributed by atoms with Crippen molar-refractivity contribution in [3.8, 4) is 0 Å². The molecule has 0 aliphatic heterocycles. The van der Waals surface area contributed by atoms with Crippen LogP contribution in [0.1, 0.15) is 18.9 Å². The number of rotatable bonds is 8. The molecule has 0 fully saturated rings. The van der Waals surface area contributed by atoms with Gasteiger partial charge in [-0.15, -0.1) is 0 Å². The number of nitrogens with one attached hydrogen (secondary N) is 1. The fraction of sp³-hybridized carbons (Fsp3) is 0.462. The lowest BCUT2D eigenvalue weighted by molar-refractivity contribution is -0.136. The van der Waals surface area contributed by atoms with E-state index in [1.165, 1.54) is 31.4 Å². The van der Waals surface area contributed by atoms with Crippen LogP contribution in [0.5, 0.6) is 0 Å². The van der Waals surface area contributed by atoms with Gasteiger partial charge in [-0.25, -0.2) is 13.1 Å². The first-order valence-electron chi connectivity index (χ1n) is 6.21. The Kier molecular flexibility index (Phi) is 6.12. The molecule has 0 aliphatic carbocycles. The van der Waals surface area contributed by atoms with Crippen molar-refractivity contribution in [2.24, 2.45) is 0 Å². The fourth-order valence-corrected chi connectivity index (χ4v) is 2.99. The van der Waals surface area contributed by atoms with Gasteiger partial charge in [0.25, 0.3) is 0 Å². The number of benzene rings is 1. The SMILES string of the molecule is CCC(COC)NS(=O)(=O)c1ccc(CC(=O)O)cc1. The molecule has 0 aromatic heterocycles. The topological polar surface area (TPSA) is 92.7 Å². The Morgan fingerprint density at radius 2 is 1.95 bits per heavy atom. The summed E-state index contributed by atoms with van der Waals surface area (Å²) in [6.45, 7) is 2.16. The van der Waals surface area contributed by atoms with Crippen LogP contribution in [0.25, 0.3) is 0 Å². The largest absolute Gasteiger partial charge is 0.481 e. The Labute approximate surface area is 118 Å². The van der Waals surface area contributed by atoms with Gasteiger partial charge in [-0.05, 0) is 24.1 Å². The molecule has 0 spiro atoms. The Morgan fingerprint density at radius 3 is 2.40 bits per heavy atom. The maximum absolute atomic E-state index is 12.1. The number of methoxy groups -OCH3 is 1. The molecule has 7 heteroatoms. The van der Waals surface area contributed by atoms with Crippen molar-refractivity contribution >= 4 is 16.0 Å². The van der Waals surface area contributed by atoms with Crippen LogP contribution in [-0.4, -0.2) is 39.3 Å². The molecule has 1 aromatic carbocycles. The summed E-state index contributed by atoms with van der Waals surface area (Å²) in [6, 6.07) is 5.52. The zero-order valence-electron chi connectivity index (χ0n) is 11.5. The third-order valence-electron chi connectivity index (χ3n) is 2.77. The van der Waals surface area contributed by atoms with Gasteiger partial charge in [-0.1, -0.05) is 19.1 Å². The number of carboxylic acid groups (broad SMARTS) is 1. The summed E-state index contributed by atoms with van der Waals surface area (Å²) < 4.78 is 31.8. The number of ether oxygens (including phenoxy) is 1. The molecule has 0 aliphatic rings. The average Bonchev–Trinajstić information content (AvgIpc) is 2.38. The van der Waals surface area contributed by atoms with E-state index < -0.39 is 16.0 Å². The van der Waals surface area contributed by atoms with Crippen LogP contribution < -0.4 is 4.72 Å². The lowest BCUT2D eigenvalue weighted by Crippen LogP contribution is -2.37. The summed E-state index contributed by atoms with van der Waals surface area (Å²) in [5.74, 6) is -0.954. The van der Waals surface area contributed by atoms with Gasteiger partial charge in [0.05, 0.1) is 17.9 Å². The molecule has 0 saturated heterocycles. The van der Waals surface area contributed by atoms with Crippen molar-refractivity contribution in [2.45, 2.75) is 30.7 Å². The Morgan fingerprint density at radius 1 is 1.35 bits per heavy atom. The predicted molar refractivity (Wildman–Crippen MR) is 74.1 cm³/mol. The minimum atomic E-state index is -3.62. The molecule has 20 heavy (non-hydrogen) atoms. The number of sulfonamides is 1. The van der Waals surface area contributed by atoms with Crippen LogP contribution in [0, 0.1) is 0 Å². The van der Waals surface area contributed by atoms with Crippen LogP contribution in [-0.2, 0) is 26.0 Å². The molecule has 0 radical (unpaired) electrons. The first kappa shape index (κ1) is 16.6. The number of carbonyl (C=O) groups is 1. The van der Waals surface area contributed by atoms with E-state index in [1.807, 2.05) is 6.92 Å². The van der Waals surface area contributed by atoms with Crippen molar-refractivity contribution in [3.63, 3.8) is 0 Å². The molecule has 6 nitrogen and oxygen atoms in total. The van der Waals surface area contributed by atoms with Crippen molar-refractivity contribution in [1.29, 1.82) is 0 Å². The second-order valence-electron chi connectivity index (χ2n) is 4.40. The maximum atomic E-state index is 12.1. The van der Waals surface area contributed by atoms with Crippen molar-refractivity contribution < 1.29 is 23.1 Å². The highest BCUT2D eigenvalue weighted by Gasteiger charge is 2.18. The molecular weight excluding hydrogens is 282 g/mol. The van der Waals surface area contributed by atoms with Gasteiger partial charge in [-0.3, -0.25) is 4.79 Å². The average molecular weight is 301 g/mol. The lowest BCUT2D eigenvalue weighted by atomic mass is 10.2. The Hall–Kier alpha value is -1.44. The Bertz CT molecular complexity index is 538. The molecule has 1 rings (SSSR count).